The minimum atomic E-state index is 0.340. The van der Waals surface area contributed by atoms with Crippen molar-refractivity contribution in [2.45, 2.75) is 18.9 Å². The maximum Gasteiger partial charge on any atom is 0.119 e. The summed E-state index contributed by atoms with van der Waals surface area (Å²) in [6.07, 6.45) is 4.34. The summed E-state index contributed by atoms with van der Waals surface area (Å²) in [5, 5.41) is 4.53. The molecule has 3 heteroatoms. The second-order valence-electron chi connectivity index (χ2n) is 6.00. The van der Waals surface area contributed by atoms with Crippen molar-refractivity contribution in [2.75, 3.05) is 13.1 Å². The highest BCUT2D eigenvalue weighted by Gasteiger charge is 2.14. The number of hydrogen-bond acceptors (Lipinski definition) is 3. The van der Waals surface area contributed by atoms with E-state index in [0.29, 0.717) is 6.10 Å². The molecule has 1 N–H and O–H groups in total. The van der Waals surface area contributed by atoms with Crippen LogP contribution in [0.3, 0.4) is 0 Å². The summed E-state index contributed by atoms with van der Waals surface area (Å²) in [5.41, 5.74) is 3.40. The minimum absolute atomic E-state index is 0.340. The van der Waals surface area contributed by atoms with Crippen molar-refractivity contribution in [3.05, 3.63) is 60.8 Å². The van der Waals surface area contributed by atoms with Gasteiger partial charge in [-0.15, -0.1) is 0 Å². The number of rotatable bonds is 3. The highest BCUT2D eigenvalue weighted by atomic mass is 16.5. The Morgan fingerprint density at radius 2 is 1.70 bits per heavy atom. The van der Waals surface area contributed by atoms with Crippen LogP contribution in [0.1, 0.15) is 12.8 Å². The first-order valence-electron chi connectivity index (χ1n) is 8.21. The number of aromatic nitrogens is 1. The van der Waals surface area contributed by atoms with E-state index in [1.54, 1.807) is 0 Å². The second kappa shape index (κ2) is 6.39. The molecular formula is C20H20N2O. The number of nitrogens with one attached hydrogen (secondary N) is 1. The topological polar surface area (TPSA) is 34.1 Å². The average molecular weight is 304 g/mol. The fraction of sp³-hybridized carbons (Fsp3) is 0.250. The van der Waals surface area contributed by atoms with E-state index in [1.165, 1.54) is 16.5 Å². The molecule has 1 saturated heterocycles. The SMILES string of the molecule is c1cnc2cc(-c3ccc(OC4CCNCC4)cc3)ccc2c1. The fourth-order valence-electron chi connectivity index (χ4n) is 3.08. The van der Waals surface area contributed by atoms with E-state index in [-0.39, 0.29) is 0 Å². The first-order chi connectivity index (χ1) is 11.4. The summed E-state index contributed by atoms with van der Waals surface area (Å²) in [7, 11) is 0. The standard InChI is InChI=1S/C20H20N2O/c1-2-16-3-4-17(14-20(16)22-11-1)15-5-7-18(8-6-15)23-19-9-12-21-13-10-19/h1-8,11,14,19,21H,9-10,12-13H2. The molecule has 0 saturated carbocycles. The Kier molecular flexibility index (Phi) is 3.95. The van der Waals surface area contributed by atoms with Gasteiger partial charge in [0.1, 0.15) is 11.9 Å². The highest BCUT2D eigenvalue weighted by molar-refractivity contribution is 5.84. The number of piperidine rings is 1. The Hall–Kier alpha value is -2.39. The average Bonchev–Trinajstić information content (AvgIpc) is 2.63. The number of fused-ring (bicyclic) bond motifs is 1. The Balaban J connectivity index is 1.54. The molecule has 0 unspecified atom stereocenters. The molecule has 0 bridgehead atoms. The van der Waals surface area contributed by atoms with Gasteiger partial charge in [-0.05, 0) is 61.3 Å². The number of hydrogen-bond donors (Lipinski definition) is 1. The second-order valence-corrected chi connectivity index (χ2v) is 6.00. The zero-order chi connectivity index (χ0) is 15.5. The molecular weight excluding hydrogens is 284 g/mol. The minimum Gasteiger partial charge on any atom is -0.490 e. The molecule has 0 spiro atoms. The summed E-state index contributed by atoms with van der Waals surface area (Å²) in [6, 6.07) is 18.8. The first-order valence-corrected chi connectivity index (χ1v) is 8.21. The molecule has 2 heterocycles. The maximum absolute atomic E-state index is 6.06. The quantitative estimate of drug-likeness (QED) is 0.793. The zero-order valence-corrected chi connectivity index (χ0v) is 13.0. The molecule has 2 aromatic carbocycles. The Labute approximate surface area is 136 Å². The molecule has 3 aromatic rings. The summed E-state index contributed by atoms with van der Waals surface area (Å²) in [4.78, 5) is 4.43. The monoisotopic (exact) mass is 304 g/mol. The van der Waals surface area contributed by atoms with Crippen molar-refractivity contribution < 1.29 is 4.74 Å². The Morgan fingerprint density at radius 3 is 2.52 bits per heavy atom. The van der Waals surface area contributed by atoms with Gasteiger partial charge in [-0.2, -0.15) is 0 Å². The molecule has 4 rings (SSSR count). The van der Waals surface area contributed by atoms with Crippen LogP contribution < -0.4 is 10.1 Å². The Morgan fingerprint density at radius 1 is 0.913 bits per heavy atom. The van der Waals surface area contributed by atoms with E-state index in [1.807, 2.05) is 12.3 Å². The van der Waals surface area contributed by atoms with Gasteiger partial charge in [-0.3, -0.25) is 4.98 Å². The van der Waals surface area contributed by atoms with Crippen LogP contribution in [0.2, 0.25) is 0 Å². The molecule has 0 aliphatic carbocycles. The normalized spacial score (nSPS) is 15.7. The van der Waals surface area contributed by atoms with Crippen LogP contribution in [0.4, 0.5) is 0 Å². The van der Waals surface area contributed by atoms with Crippen LogP contribution in [-0.2, 0) is 0 Å². The molecule has 0 amide bonds. The van der Waals surface area contributed by atoms with Crippen LogP contribution in [-0.4, -0.2) is 24.2 Å². The Bertz CT molecular complexity index is 792. The van der Waals surface area contributed by atoms with Crippen LogP contribution in [0, 0.1) is 0 Å². The van der Waals surface area contributed by atoms with Gasteiger partial charge in [-0.25, -0.2) is 0 Å². The molecule has 1 aliphatic heterocycles. The zero-order valence-electron chi connectivity index (χ0n) is 13.0. The summed E-state index contributed by atoms with van der Waals surface area (Å²) in [5.74, 6) is 0.958. The molecule has 3 nitrogen and oxygen atoms in total. The van der Waals surface area contributed by atoms with Gasteiger partial charge >= 0.3 is 0 Å². The maximum atomic E-state index is 6.06. The summed E-state index contributed by atoms with van der Waals surface area (Å²) < 4.78 is 6.06. The lowest BCUT2D eigenvalue weighted by Gasteiger charge is -2.23. The smallest absolute Gasteiger partial charge is 0.119 e. The number of pyridine rings is 1. The summed E-state index contributed by atoms with van der Waals surface area (Å²) >= 11 is 0. The lowest BCUT2D eigenvalue weighted by Crippen LogP contribution is -2.34. The van der Waals surface area contributed by atoms with Gasteiger partial charge in [0.2, 0.25) is 0 Å². The highest BCUT2D eigenvalue weighted by Crippen LogP contribution is 2.26. The van der Waals surface area contributed by atoms with Crippen molar-refractivity contribution in [1.29, 1.82) is 0 Å². The van der Waals surface area contributed by atoms with Gasteiger partial charge in [-0.1, -0.05) is 30.3 Å². The number of nitrogens with zero attached hydrogens (tertiary/aromatic N) is 1. The summed E-state index contributed by atoms with van der Waals surface area (Å²) in [6.45, 7) is 2.10. The molecule has 0 radical (unpaired) electrons. The number of ether oxygens (including phenoxy) is 1. The fourth-order valence-corrected chi connectivity index (χ4v) is 3.08. The van der Waals surface area contributed by atoms with Crippen LogP contribution in [0.5, 0.6) is 5.75 Å². The van der Waals surface area contributed by atoms with Gasteiger partial charge < -0.3 is 10.1 Å². The number of benzene rings is 2. The van der Waals surface area contributed by atoms with E-state index >= 15 is 0 Å². The van der Waals surface area contributed by atoms with Crippen molar-refractivity contribution in [2.24, 2.45) is 0 Å². The molecule has 1 aromatic heterocycles. The third kappa shape index (κ3) is 3.20. The van der Waals surface area contributed by atoms with E-state index in [9.17, 15) is 0 Å². The largest absolute Gasteiger partial charge is 0.490 e. The van der Waals surface area contributed by atoms with Crippen LogP contribution in [0.25, 0.3) is 22.0 Å². The van der Waals surface area contributed by atoms with Gasteiger partial charge in [0.05, 0.1) is 5.52 Å². The molecule has 23 heavy (non-hydrogen) atoms. The first kappa shape index (κ1) is 14.2. The van der Waals surface area contributed by atoms with Crippen LogP contribution >= 0.6 is 0 Å². The van der Waals surface area contributed by atoms with Crippen LogP contribution in [0.15, 0.2) is 60.8 Å². The van der Waals surface area contributed by atoms with Crippen molar-refractivity contribution >= 4 is 10.9 Å². The molecule has 0 atom stereocenters. The van der Waals surface area contributed by atoms with E-state index in [4.69, 9.17) is 4.74 Å². The van der Waals surface area contributed by atoms with Gasteiger partial charge in [0.15, 0.2) is 0 Å². The van der Waals surface area contributed by atoms with Gasteiger partial charge in [0, 0.05) is 11.6 Å². The van der Waals surface area contributed by atoms with Crippen molar-refractivity contribution in [3.63, 3.8) is 0 Å². The van der Waals surface area contributed by atoms with Crippen molar-refractivity contribution in [1.82, 2.24) is 10.3 Å². The van der Waals surface area contributed by atoms with Gasteiger partial charge in [0.25, 0.3) is 0 Å². The predicted octanol–water partition coefficient (Wildman–Crippen LogP) is 4.03. The molecule has 1 aliphatic rings. The van der Waals surface area contributed by atoms with E-state index in [2.05, 4.69) is 58.8 Å². The van der Waals surface area contributed by atoms with E-state index in [0.717, 1.165) is 37.2 Å². The molecule has 1 fully saturated rings. The van der Waals surface area contributed by atoms with Crippen molar-refractivity contribution in [3.8, 4) is 16.9 Å². The lowest BCUT2D eigenvalue weighted by molar-refractivity contribution is 0.162. The predicted molar refractivity (Wildman–Crippen MR) is 93.7 cm³/mol. The lowest BCUT2D eigenvalue weighted by atomic mass is 10.0. The third-order valence-electron chi connectivity index (χ3n) is 4.38. The molecule has 116 valence electrons. The van der Waals surface area contributed by atoms with E-state index < -0.39 is 0 Å². The third-order valence-corrected chi connectivity index (χ3v) is 4.38.